The molecule has 32 heavy (non-hydrogen) atoms. The predicted octanol–water partition coefficient (Wildman–Crippen LogP) is 2.77. The first-order valence-corrected chi connectivity index (χ1v) is 10.9. The second-order valence-corrected chi connectivity index (χ2v) is 8.03. The van der Waals surface area contributed by atoms with Crippen molar-refractivity contribution in [1.82, 2.24) is 4.90 Å². The summed E-state index contributed by atoms with van der Waals surface area (Å²) in [7, 11) is 0. The normalized spacial score (nSPS) is 19.9. The molecule has 8 nitrogen and oxygen atoms in total. The third-order valence-corrected chi connectivity index (χ3v) is 6.03. The van der Waals surface area contributed by atoms with Gasteiger partial charge in [0, 0.05) is 5.92 Å². The van der Waals surface area contributed by atoms with Crippen LogP contribution in [0.5, 0.6) is 11.5 Å². The predicted molar refractivity (Wildman–Crippen MR) is 120 cm³/mol. The molecule has 2 saturated heterocycles. The van der Waals surface area contributed by atoms with Gasteiger partial charge < -0.3 is 15.2 Å². The Labute approximate surface area is 186 Å². The third kappa shape index (κ3) is 4.45. The minimum Gasteiger partial charge on any atom is -0.506 e. The maximum atomic E-state index is 13.0. The van der Waals surface area contributed by atoms with Gasteiger partial charge in [-0.05, 0) is 69.3 Å². The Balaban J connectivity index is 1.35. The van der Waals surface area contributed by atoms with E-state index in [-0.39, 0.29) is 35.8 Å². The number of carbonyl (C=O) groups is 3. The van der Waals surface area contributed by atoms with Crippen molar-refractivity contribution >= 4 is 29.1 Å². The van der Waals surface area contributed by atoms with Crippen LogP contribution in [0.25, 0.3) is 0 Å². The van der Waals surface area contributed by atoms with Gasteiger partial charge in [0.05, 0.1) is 30.4 Å². The van der Waals surface area contributed by atoms with Crippen molar-refractivity contribution in [2.75, 3.05) is 29.9 Å². The fraction of sp³-hybridized carbons (Fsp3) is 0.375. The maximum Gasteiger partial charge on any atom is 0.251 e. The number of likely N-dealkylation sites (tertiary alicyclic amines) is 1. The second-order valence-electron chi connectivity index (χ2n) is 8.03. The number of amides is 3. The van der Waals surface area contributed by atoms with E-state index in [1.165, 1.54) is 11.0 Å². The molecule has 2 aliphatic heterocycles. The van der Waals surface area contributed by atoms with Crippen LogP contribution in [0.4, 0.5) is 11.4 Å². The summed E-state index contributed by atoms with van der Waals surface area (Å²) in [6, 6.07) is 13.1. The summed E-state index contributed by atoms with van der Waals surface area (Å²) in [5.74, 6) is -0.0742. The minimum atomic E-state index is -0.503. The lowest BCUT2D eigenvalue weighted by Gasteiger charge is -2.34. The first-order chi connectivity index (χ1) is 15.5. The number of hydrogen-bond acceptors (Lipinski definition) is 6. The first kappa shape index (κ1) is 21.8. The van der Waals surface area contributed by atoms with E-state index in [9.17, 15) is 19.5 Å². The topological polar surface area (TPSA) is 99.2 Å². The number of piperidine rings is 1. The molecule has 8 heteroatoms. The SMILES string of the molecule is CCOc1ccc(N2C(=O)C[C@H](N3CCC(C(=O)Nc4ccccc4O)CC3)C2=O)cc1. The highest BCUT2D eigenvalue weighted by molar-refractivity contribution is 6.22. The van der Waals surface area contributed by atoms with Gasteiger partial charge in [-0.25, -0.2) is 4.90 Å². The highest BCUT2D eigenvalue weighted by Crippen LogP contribution is 2.30. The zero-order valence-electron chi connectivity index (χ0n) is 18.0. The standard InChI is InChI=1S/C24H27N3O5/c1-2-32-18-9-7-17(8-10-18)27-22(29)15-20(24(27)31)26-13-11-16(12-14-26)23(30)25-19-5-3-4-6-21(19)28/h3-10,16,20,28H,2,11-15H2,1H3,(H,25,30)/t20-/m0/s1. The third-order valence-electron chi connectivity index (χ3n) is 6.03. The van der Waals surface area contributed by atoms with Crippen LogP contribution >= 0.6 is 0 Å². The Morgan fingerprint density at radius 2 is 1.78 bits per heavy atom. The van der Waals surface area contributed by atoms with Gasteiger partial charge in [0.2, 0.25) is 11.8 Å². The van der Waals surface area contributed by atoms with Gasteiger partial charge in [-0.3, -0.25) is 19.3 Å². The maximum absolute atomic E-state index is 13.0. The largest absolute Gasteiger partial charge is 0.506 e. The van der Waals surface area contributed by atoms with Gasteiger partial charge in [-0.2, -0.15) is 0 Å². The summed E-state index contributed by atoms with van der Waals surface area (Å²) in [6.07, 6.45) is 1.31. The highest BCUT2D eigenvalue weighted by Gasteiger charge is 2.43. The molecule has 0 saturated carbocycles. The van der Waals surface area contributed by atoms with E-state index in [0.717, 1.165) is 0 Å². The van der Waals surface area contributed by atoms with E-state index in [2.05, 4.69) is 5.32 Å². The number of phenolic OH excluding ortho intramolecular Hbond substituents is 1. The molecule has 0 radical (unpaired) electrons. The average molecular weight is 437 g/mol. The lowest BCUT2D eigenvalue weighted by molar-refractivity contribution is -0.123. The van der Waals surface area contributed by atoms with Crippen molar-refractivity contribution in [2.24, 2.45) is 5.92 Å². The lowest BCUT2D eigenvalue weighted by Crippen LogP contribution is -2.47. The molecule has 2 fully saturated rings. The van der Waals surface area contributed by atoms with E-state index in [1.54, 1.807) is 42.5 Å². The van der Waals surface area contributed by atoms with Crippen LogP contribution in [0, 0.1) is 5.92 Å². The van der Waals surface area contributed by atoms with Crippen molar-refractivity contribution < 1.29 is 24.2 Å². The molecular formula is C24H27N3O5. The molecule has 2 aromatic carbocycles. The fourth-order valence-electron chi connectivity index (χ4n) is 4.32. The molecule has 0 aliphatic carbocycles. The van der Waals surface area contributed by atoms with E-state index in [0.29, 0.717) is 49.7 Å². The van der Waals surface area contributed by atoms with Crippen molar-refractivity contribution in [3.05, 3.63) is 48.5 Å². The molecule has 2 N–H and O–H groups in total. The van der Waals surface area contributed by atoms with Gasteiger partial charge >= 0.3 is 0 Å². The molecule has 0 aromatic heterocycles. The van der Waals surface area contributed by atoms with Gasteiger partial charge in [0.25, 0.3) is 5.91 Å². The Morgan fingerprint density at radius 1 is 1.09 bits per heavy atom. The molecular weight excluding hydrogens is 410 g/mol. The molecule has 4 rings (SSSR count). The van der Waals surface area contributed by atoms with Crippen molar-refractivity contribution in [3.8, 4) is 11.5 Å². The Hall–Kier alpha value is -3.39. The van der Waals surface area contributed by atoms with Crippen LogP contribution in [-0.2, 0) is 14.4 Å². The van der Waals surface area contributed by atoms with Crippen molar-refractivity contribution in [1.29, 1.82) is 0 Å². The summed E-state index contributed by atoms with van der Waals surface area (Å²) in [5, 5.41) is 12.6. The van der Waals surface area contributed by atoms with Crippen LogP contribution in [-0.4, -0.2) is 53.5 Å². The first-order valence-electron chi connectivity index (χ1n) is 10.9. The van der Waals surface area contributed by atoms with Crippen molar-refractivity contribution in [2.45, 2.75) is 32.2 Å². The summed E-state index contributed by atoms with van der Waals surface area (Å²) in [4.78, 5) is 41.5. The van der Waals surface area contributed by atoms with E-state index < -0.39 is 6.04 Å². The van der Waals surface area contributed by atoms with Crippen LogP contribution in [0.3, 0.4) is 0 Å². The minimum absolute atomic E-state index is 0.0303. The van der Waals surface area contributed by atoms with E-state index in [1.807, 2.05) is 11.8 Å². The summed E-state index contributed by atoms with van der Waals surface area (Å²) in [6.45, 7) is 3.55. The Bertz CT molecular complexity index is 999. The number of nitrogens with zero attached hydrogens (tertiary/aromatic N) is 2. The van der Waals surface area contributed by atoms with Gasteiger partial charge in [0.15, 0.2) is 0 Å². The van der Waals surface area contributed by atoms with Crippen LogP contribution in [0.15, 0.2) is 48.5 Å². The number of carbonyl (C=O) groups excluding carboxylic acids is 3. The summed E-state index contributed by atoms with van der Waals surface area (Å²) >= 11 is 0. The number of benzene rings is 2. The monoisotopic (exact) mass is 437 g/mol. The van der Waals surface area contributed by atoms with E-state index >= 15 is 0 Å². The Kier molecular flexibility index (Phi) is 6.41. The molecule has 0 spiro atoms. The molecule has 2 aromatic rings. The molecule has 0 bridgehead atoms. The zero-order valence-corrected chi connectivity index (χ0v) is 18.0. The molecule has 0 unspecified atom stereocenters. The molecule has 2 aliphatic rings. The van der Waals surface area contributed by atoms with Crippen molar-refractivity contribution in [3.63, 3.8) is 0 Å². The van der Waals surface area contributed by atoms with E-state index in [4.69, 9.17) is 4.74 Å². The number of nitrogens with one attached hydrogen (secondary N) is 1. The molecule has 1 atom stereocenters. The van der Waals surface area contributed by atoms with Gasteiger partial charge in [-0.1, -0.05) is 12.1 Å². The number of ether oxygens (including phenoxy) is 1. The van der Waals surface area contributed by atoms with Crippen LogP contribution in [0.1, 0.15) is 26.2 Å². The second kappa shape index (κ2) is 9.40. The number of anilines is 2. The highest BCUT2D eigenvalue weighted by atomic mass is 16.5. The summed E-state index contributed by atoms with van der Waals surface area (Å²) < 4.78 is 5.42. The Morgan fingerprint density at radius 3 is 2.44 bits per heavy atom. The zero-order chi connectivity index (χ0) is 22.7. The molecule has 2 heterocycles. The van der Waals surface area contributed by atoms with Crippen LogP contribution in [0.2, 0.25) is 0 Å². The summed E-state index contributed by atoms with van der Waals surface area (Å²) in [5.41, 5.74) is 0.936. The number of para-hydroxylation sites is 2. The smallest absolute Gasteiger partial charge is 0.251 e. The fourth-order valence-corrected chi connectivity index (χ4v) is 4.32. The van der Waals surface area contributed by atoms with Gasteiger partial charge in [-0.15, -0.1) is 0 Å². The number of imide groups is 1. The van der Waals surface area contributed by atoms with Crippen LogP contribution < -0.4 is 15.0 Å². The average Bonchev–Trinajstić information content (AvgIpc) is 3.10. The number of hydrogen-bond donors (Lipinski definition) is 2. The number of rotatable bonds is 6. The molecule has 3 amide bonds. The lowest BCUT2D eigenvalue weighted by atomic mass is 9.94. The molecule has 168 valence electrons. The quantitative estimate of drug-likeness (QED) is 0.533. The van der Waals surface area contributed by atoms with Gasteiger partial charge in [0.1, 0.15) is 11.5 Å². The number of phenols is 1. The number of aromatic hydroxyl groups is 1.